The van der Waals surface area contributed by atoms with Gasteiger partial charge >= 0.3 is 0 Å². The lowest BCUT2D eigenvalue weighted by atomic mass is 9.78. The van der Waals surface area contributed by atoms with Crippen molar-refractivity contribution >= 4 is 5.91 Å². The van der Waals surface area contributed by atoms with Crippen LogP contribution in [-0.2, 0) is 9.53 Å². The molecule has 1 amide bonds. The topological polar surface area (TPSA) is 84.6 Å². The summed E-state index contributed by atoms with van der Waals surface area (Å²) in [5.74, 6) is 0.369. The highest BCUT2D eigenvalue weighted by atomic mass is 16.5. The standard InChI is InChI=1S/C14H26N2O3/c1-11-3-2-4-13(18,9-11)10-16-12(17)14(15)5-7-19-8-6-14/h11,18H,2-10,15H2,1H3,(H,16,17). The molecule has 1 saturated carbocycles. The summed E-state index contributed by atoms with van der Waals surface area (Å²) in [6, 6.07) is 0. The fourth-order valence-corrected chi connectivity index (χ4v) is 3.18. The smallest absolute Gasteiger partial charge is 0.240 e. The van der Waals surface area contributed by atoms with Gasteiger partial charge in [0.1, 0.15) is 0 Å². The minimum Gasteiger partial charge on any atom is -0.388 e. The molecular weight excluding hydrogens is 244 g/mol. The van der Waals surface area contributed by atoms with Crippen LogP contribution < -0.4 is 11.1 Å². The molecule has 0 aromatic carbocycles. The number of hydrogen-bond donors (Lipinski definition) is 3. The minimum absolute atomic E-state index is 0.151. The molecule has 2 fully saturated rings. The molecule has 2 atom stereocenters. The Kier molecular flexibility index (Phi) is 4.48. The van der Waals surface area contributed by atoms with Gasteiger partial charge in [0, 0.05) is 19.8 Å². The predicted molar refractivity (Wildman–Crippen MR) is 72.6 cm³/mol. The lowest BCUT2D eigenvalue weighted by Crippen LogP contribution is -2.59. The monoisotopic (exact) mass is 270 g/mol. The predicted octanol–water partition coefficient (Wildman–Crippen LogP) is 0.552. The Balaban J connectivity index is 1.85. The normalized spacial score (nSPS) is 34.8. The Morgan fingerprint density at radius 1 is 1.42 bits per heavy atom. The highest BCUT2D eigenvalue weighted by molar-refractivity contribution is 5.86. The van der Waals surface area contributed by atoms with Crippen molar-refractivity contribution in [3.63, 3.8) is 0 Å². The van der Waals surface area contributed by atoms with Crippen molar-refractivity contribution < 1.29 is 14.6 Å². The van der Waals surface area contributed by atoms with E-state index in [1.807, 2.05) is 0 Å². The largest absolute Gasteiger partial charge is 0.388 e. The number of nitrogens with two attached hydrogens (primary N) is 1. The molecule has 1 aliphatic carbocycles. The van der Waals surface area contributed by atoms with Crippen LogP contribution >= 0.6 is 0 Å². The summed E-state index contributed by atoms with van der Waals surface area (Å²) in [7, 11) is 0. The van der Waals surface area contributed by atoms with Crippen molar-refractivity contribution in [2.24, 2.45) is 11.7 Å². The van der Waals surface area contributed by atoms with Crippen molar-refractivity contribution in [3.8, 4) is 0 Å². The Morgan fingerprint density at radius 2 is 2.11 bits per heavy atom. The van der Waals surface area contributed by atoms with E-state index in [1.165, 1.54) is 0 Å². The van der Waals surface area contributed by atoms with Gasteiger partial charge in [-0.1, -0.05) is 19.8 Å². The summed E-state index contributed by atoms with van der Waals surface area (Å²) in [6.45, 7) is 3.53. The summed E-state index contributed by atoms with van der Waals surface area (Å²) in [6.07, 6.45) is 4.80. The zero-order chi connectivity index (χ0) is 13.9. The van der Waals surface area contributed by atoms with E-state index in [4.69, 9.17) is 10.5 Å². The van der Waals surface area contributed by atoms with Crippen LogP contribution in [0.15, 0.2) is 0 Å². The number of carbonyl (C=O) groups excluding carboxylic acids is 1. The fraction of sp³-hybridized carbons (Fsp3) is 0.929. The van der Waals surface area contributed by atoms with Crippen molar-refractivity contribution in [2.45, 2.75) is 56.6 Å². The lowest BCUT2D eigenvalue weighted by molar-refractivity contribution is -0.131. The number of aliphatic hydroxyl groups is 1. The third kappa shape index (κ3) is 3.68. The van der Waals surface area contributed by atoms with Gasteiger partial charge in [-0.25, -0.2) is 0 Å². The van der Waals surface area contributed by atoms with Gasteiger partial charge in [-0.3, -0.25) is 4.79 Å². The maximum absolute atomic E-state index is 12.2. The maximum Gasteiger partial charge on any atom is 0.240 e. The molecule has 19 heavy (non-hydrogen) atoms. The number of nitrogens with one attached hydrogen (secondary N) is 1. The zero-order valence-electron chi connectivity index (χ0n) is 11.8. The molecule has 5 nitrogen and oxygen atoms in total. The van der Waals surface area contributed by atoms with Crippen molar-refractivity contribution in [3.05, 3.63) is 0 Å². The van der Waals surface area contributed by atoms with Gasteiger partial charge in [-0.05, 0) is 31.6 Å². The number of carbonyl (C=O) groups is 1. The Hall–Kier alpha value is -0.650. The van der Waals surface area contributed by atoms with Crippen LogP contribution in [0.1, 0.15) is 45.4 Å². The molecule has 2 unspecified atom stereocenters. The van der Waals surface area contributed by atoms with Crippen molar-refractivity contribution in [1.29, 1.82) is 0 Å². The molecule has 0 aromatic rings. The number of ether oxygens (including phenoxy) is 1. The van der Waals surface area contributed by atoms with Crippen LogP contribution in [0.3, 0.4) is 0 Å². The van der Waals surface area contributed by atoms with Crippen molar-refractivity contribution in [1.82, 2.24) is 5.32 Å². The van der Waals surface area contributed by atoms with E-state index in [-0.39, 0.29) is 5.91 Å². The van der Waals surface area contributed by atoms with Gasteiger partial charge in [0.25, 0.3) is 0 Å². The van der Waals surface area contributed by atoms with Crippen LogP contribution in [0, 0.1) is 5.92 Å². The number of rotatable bonds is 3. The molecular formula is C14H26N2O3. The molecule has 2 rings (SSSR count). The Morgan fingerprint density at radius 3 is 2.74 bits per heavy atom. The van der Waals surface area contributed by atoms with Crippen LogP contribution in [0.25, 0.3) is 0 Å². The molecule has 5 heteroatoms. The molecule has 1 heterocycles. The SMILES string of the molecule is CC1CCCC(O)(CNC(=O)C2(N)CCOCC2)C1. The third-order valence-corrected chi connectivity index (χ3v) is 4.48. The molecule has 0 spiro atoms. The third-order valence-electron chi connectivity index (χ3n) is 4.48. The zero-order valence-corrected chi connectivity index (χ0v) is 11.8. The highest BCUT2D eigenvalue weighted by Crippen LogP contribution is 2.31. The van der Waals surface area contributed by atoms with E-state index in [0.29, 0.717) is 38.5 Å². The summed E-state index contributed by atoms with van der Waals surface area (Å²) in [5, 5.41) is 13.3. The summed E-state index contributed by atoms with van der Waals surface area (Å²) >= 11 is 0. The van der Waals surface area contributed by atoms with Gasteiger partial charge in [0.15, 0.2) is 0 Å². The van der Waals surface area contributed by atoms with E-state index in [0.717, 1.165) is 25.7 Å². The quantitative estimate of drug-likeness (QED) is 0.699. The Labute approximate surface area is 114 Å². The summed E-state index contributed by atoms with van der Waals surface area (Å²) in [5.41, 5.74) is 4.54. The van der Waals surface area contributed by atoms with Crippen LogP contribution in [0.5, 0.6) is 0 Å². The first-order valence-corrected chi connectivity index (χ1v) is 7.31. The molecule has 0 aromatic heterocycles. The lowest BCUT2D eigenvalue weighted by Gasteiger charge is -2.37. The molecule has 1 aliphatic heterocycles. The van der Waals surface area contributed by atoms with Gasteiger partial charge in [0.2, 0.25) is 5.91 Å². The fourth-order valence-electron chi connectivity index (χ4n) is 3.18. The van der Waals surface area contributed by atoms with E-state index in [2.05, 4.69) is 12.2 Å². The molecule has 4 N–H and O–H groups in total. The van der Waals surface area contributed by atoms with E-state index in [9.17, 15) is 9.90 Å². The van der Waals surface area contributed by atoms with E-state index >= 15 is 0 Å². The Bertz CT molecular complexity index is 329. The van der Waals surface area contributed by atoms with Crippen LogP contribution in [0.4, 0.5) is 0 Å². The molecule has 110 valence electrons. The minimum atomic E-state index is -0.825. The summed E-state index contributed by atoms with van der Waals surface area (Å²) < 4.78 is 5.23. The van der Waals surface area contributed by atoms with Gasteiger partial charge < -0.3 is 20.9 Å². The van der Waals surface area contributed by atoms with Crippen LogP contribution in [-0.4, -0.2) is 41.9 Å². The molecule has 0 radical (unpaired) electrons. The van der Waals surface area contributed by atoms with Crippen molar-refractivity contribution in [2.75, 3.05) is 19.8 Å². The average molecular weight is 270 g/mol. The van der Waals surface area contributed by atoms with Gasteiger partial charge in [-0.2, -0.15) is 0 Å². The summed E-state index contributed by atoms with van der Waals surface area (Å²) in [4.78, 5) is 12.2. The van der Waals surface area contributed by atoms with E-state index < -0.39 is 11.1 Å². The molecule has 1 saturated heterocycles. The first-order chi connectivity index (χ1) is 8.94. The van der Waals surface area contributed by atoms with E-state index in [1.54, 1.807) is 0 Å². The van der Waals surface area contributed by atoms with Gasteiger partial charge in [0.05, 0.1) is 11.1 Å². The average Bonchev–Trinajstić information content (AvgIpc) is 2.36. The second-order valence-corrected chi connectivity index (χ2v) is 6.38. The maximum atomic E-state index is 12.2. The van der Waals surface area contributed by atoms with Crippen LogP contribution in [0.2, 0.25) is 0 Å². The number of hydrogen-bond acceptors (Lipinski definition) is 4. The molecule has 0 bridgehead atoms. The second kappa shape index (κ2) is 5.77. The van der Waals surface area contributed by atoms with Gasteiger partial charge in [-0.15, -0.1) is 0 Å². The molecule has 2 aliphatic rings. The second-order valence-electron chi connectivity index (χ2n) is 6.38. The first-order valence-electron chi connectivity index (χ1n) is 7.31. The first kappa shape index (κ1) is 14.8. The highest BCUT2D eigenvalue weighted by Gasteiger charge is 2.38. The number of amides is 1.